The second-order valence-corrected chi connectivity index (χ2v) is 7.72. The molecule has 7 N–H and O–H groups in total. The molecule has 0 spiro atoms. The molecule has 1 aromatic heterocycles. The molecule has 12 heteroatoms. The van der Waals surface area contributed by atoms with Crippen molar-refractivity contribution < 1.29 is 19.7 Å². The first-order valence-electron chi connectivity index (χ1n) is 9.55. The Morgan fingerprint density at radius 3 is 2.83 bits per heavy atom. The first-order chi connectivity index (χ1) is 14.5. The van der Waals surface area contributed by atoms with E-state index in [0.717, 1.165) is 11.1 Å². The molecular formula is C18H25BN6O4S. The fraction of sp³-hybridized carbons (Fsp3) is 0.389. The lowest BCUT2D eigenvalue weighted by atomic mass is 9.72. The summed E-state index contributed by atoms with van der Waals surface area (Å²) in [5, 5.41) is 27.8. The smallest absolute Gasteiger partial charge is 0.534 e. The van der Waals surface area contributed by atoms with Crippen molar-refractivity contribution in [2.45, 2.75) is 19.3 Å². The van der Waals surface area contributed by atoms with Gasteiger partial charge in [-0.15, -0.1) is 11.3 Å². The van der Waals surface area contributed by atoms with E-state index >= 15 is 0 Å². The summed E-state index contributed by atoms with van der Waals surface area (Å²) in [6.45, 7) is 3.87. The molecule has 1 aliphatic rings. The van der Waals surface area contributed by atoms with Gasteiger partial charge in [0.1, 0.15) is 11.4 Å². The Balaban J connectivity index is 1.73. The maximum atomic E-state index is 12.7. The Bertz CT molecular complexity index is 918. The van der Waals surface area contributed by atoms with Gasteiger partial charge in [0.05, 0.1) is 5.94 Å². The van der Waals surface area contributed by atoms with Gasteiger partial charge >= 0.3 is 7.12 Å². The first-order valence-corrected chi connectivity index (χ1v) is 10.4. The number of carbonyl (C=O) groups excluding carboxylic acids is 1. The minimum absolute atomic E-state index is 0.219. The van der Waals surface area contributed by atoms with Crippen molar-refractivity contribution in [1.29, 1.82) is 0 Å². The van der Waals surface area contributed by atoms with Crippen molar-refractivity contribution in [3.63, 3.8) is 0 Å². The van der Waals surface area contributed by atoms with E-state index in [1.54, 1.807) is 5.38 Å². The van der Waals surface area contributed by atoms with E-state index < -0.39 is 19.0 Å². The number of carbonyl (C=O) groups is 1. The Morgan fingerprint density at radius 2 is 2.17 bits per heavy atom. The zero-order valence-corrected chi connectivity index (χ0v) is 17.4. The molecule has 1 atom stereocenters. The zero-order valence-electron chi connectivity index (χ0n) is 16.6. The summed E-state index contributed by atoms with van der Waals surface area (Å²) in [6.07, 6.45) is 0.381. The number of benzene rings is 1. The number of rotatable bonds is 8. The summed E-state index contributed by atoms with van der Waals surface area (Å²) >= 11 is 1.30. The molecular weight excluding hydrogens is 407 g/mol. The standard InChI is InChI=1S/C18H25BN6O4S/c1-11-3-2-4-12-9-14(19(27)29-16(11)12)23-17(26)15(24-28)13-10-30-18(22-13)25(7-5-20)8-6-21/h2-4,10,14,27-28H,5-9,20-21H2,1H3,(H,23,26)/b24-15-/t14-/m0/s1. The molecule has 0 aliphatic carbocycles. The van der Waals surface area contributed by atoms with Crippen LogP contribution in [0.4, 0.5) is 5.13 Å². The number of oxime groups is 1. The van der Waals surface area contributed by atoms with Crippen molar-refractivity contribution in [3.8, 4) is 5.75 Å². The predicted molar refractivity (Wildman–Crippen MR) is 116 cm³/mol. The van der Waals surface area contributed by atoms with Crippen LogP contribution < -0.4 is 26.3 Å². The van der Waals surface area contributed by atoms with Crippen LogP contribution in [0.1, 0.15) is 16.8 Å². The number of thiazole rings is 1. The highest BCUT2D eigenvalue weighted by atomic mass is 32.1. The SMILES string of the molecule is Cc1cccc2c1OB(O)[C@@H](NC(=O)/C(=N\O)c1csc(N(CCN)CCN)n1)C2. The third-order valence-electron chi connectivity index (χ3n) is 4.75. The lowest BCUT2D eigenvalue weighted by molar-refractivity contribution is -0.115. The molecule has 1 aliphatic heterocycles. The van der Waals surface area contributed by atoms with Crippen LogP contribution in [0.5, 0.6) is 5.75 Å². The van der Waals surface area contributed by atoms with Gasteiger partial charge in [-0.25, -0.2) is 4.98 Å². The number of nitrogens with two attached hydrogens (primary N) is 2. The minimum atomic E-state index is -1.22. The number of nitrogens with zero attached hydrogens (tertiary/aromatic N) is 3. The first kappa shape index (κ1) is 22.0. The zero-order chi connectivity index (χ0) is 21.7. The van der Waals surface area contributed by atoms with Crippen LogP contribution in [0.25, 0.3) is 0 Å². The van der Waals surface area contributed by atoms with Crippen molar-refractivity contribution in [1.82, 2.24) is 10.3 Å². The highest BCUT2D eigenvalue weighted by Gasteiger charge is 2.37. The van der Waals surface area contributed by atoms with Gasteiger partial charge in [0, 0.05) is 31.6 Å². The molecule has 0 saturated heterocycles. The van der Waals surface area contributed by atoms with E-state index in [-0.39, 0.29) is 11.4 Å². The molecule has 2 aromatic rings. The number of nitrogens with one attached hydrogen (secondary N) is 1. The minimum Gasteiger partial charge on any atom is -0.534 e. The molecule has 30 heavy (non-hydrogen) atoms. The molecule has 0 radical (unpaired) electrons. The van der Waals surface area contributed by atoms with Gasteiger partial charge in [-0.05, 0) is 24.5 Å². The third-order valence-corrected chi connectivity index (χ3v) is 5.65. The molecule has 0 saturated carbocycles. The summed E-state index contributed by atoms with van der Waals surface area (Å²) in [4.78, 5) is 19.0. The number of fused-ring (bicyclic) bond motifs is 1. The Morgan fingerprint density at radius 1 is 1.43 bits per heavy atom. The van der Waals surface area contributed by atoms with E-state index in [4.69, 9.17) is 16.1 Å². The van der Waals surface area contributed by atoms with Crippen molar-refractivity contribution in [2.24, 2.45) is 16.6 Å². The van der Waals surface area contributed by atoms with Gasteiger partial charge in [-0.3, -0.25) is 4.79 Å². The second-order valence-electron chi connectivity index (χ2n) is 6.88. The maximum Gasteiger partial charge on any atom is 0.547 e. The molecule has 2 heterocycles. The van der Waals surface area contributed by atoms with Crippen molar-refractivity contribution >= 4 is 35.2 Å². The normalized spacial score (nSPS) is 16.1. The number of hydrogen-bond acceptors (Lipinski definition) is 10. The molecule has 0 fully saturated rings. The van der Waals surface area contributed by atoms with Gasteiger partial charge in [0.2, 0.25) is 0 Å². The molecule has 1 aromatic carbocycles. The van der Waals surface area contributed by atoms with Crippen LogP contribution in [-0.2, 0) is 11.2 Å². The van der Waals surface area contributed by atoms with E-state index in [1.165, 1.54) is 11.3 Å². The summed E-state index contributed by atoms with van der Waals surface area (Å²) in [5.41, 5.74) is 13.0. The average molecular weight is 432 g/mol. The van der Waals surface area contributed by atoms with E-state index in [2.05, 4.69) is 15.5 Å². The van der Waals surface area contributed by atoms with Crippen LogP contribution in [0.3, 0.4) is 0 Å². The number of para-hydroxylation sites is 1. The lowest BCUT2D eigenvalue weighted by Crippen LogP contribution is -2.54. The highest BCUT2D eigenvalue weighted by Crippen LogP contribution is 2.29. The largest absolute Gasteiger partial charge is 0.547 e. The Labute approximate surface area is 178 Å². The number of anilines is 1. The fourth-order valence-corrected chi connectivity index (χ4v) is 4.15. The van der Waals surface area contributed by atoms with Crippen LogP contribution in [0.15, 0.2) is 28.7 Å². The number of hydrogen-bond donors (Lipinski definition) is 5. The fourth-order valence-electron chi connectivity index (χ4n) is 3.29. The van der Waals surface area contributed by atoms with E-state index in [1.807, 2.05) is 30.0 Å². The van der Waals surface area contributed by atoms with Gasteiger partial charge in [-0.1, -0.05) is 23.4 Å². The molecule has 0 bridgehead atoms. The lowest BCUT2D eigenvalue weighted by Gasteiger charge is -2.29. The average Bonchev–Trinajstić information content (AvgIpc) is 3.19. The van der Waals surface area contributed by atoms with Crippen LogP contribution in [-0.4, -0.2) is 66.1 Å². The number of aromatic nitrogens is 1. The monoisotopic (exact) mass is 432 g/mol. The van der Waals surface area contributed by atoms with Crippen LogP contribution in [0.2, 0.25) is 0 Å². The second kappa shape index (κ2) is 9.89. The van der Waals surface area contributed by atoms with E-state index in [9.17, 15) is 15.0 Å². The highest BCUT2D eigenvalue weighted by molar-refractivity contribution is 7.14. The quantitative estimate of drug-likeness (QED) is 0.161. The Kier molecular flexibility index (Phi) is 7.26. The van der Waals surface area contributed by atoms with Gasteiger partial charge < -0.3 is 36.6 Å². The van der Waals surface area contributed by atoms with Gasteiger partial charge in [-0.2, -0.15) is 0 Å². The molecule has 1 amide bonds. The van der Waals surface area contributed by atoms with E-state index in [0.29, 0.717) is 43.5 Å². The molecule has 0 unspecified atom stereocenters. The topological polar surface area (TPSA) is 159 Å². The van der Waals surface area contributed by atoms with Gasteiger partial charge in [0.15, 0.2) is 10.8 Å². The molecule has 10 nitrogen and oxygen atoms in total. The summed E-state index contributed by atoms with van der Waals surface area (Å²) in [7, 11) is -1.22. The summed E-state index contributed by atoms with van der Waals surface area (Å²) < 4.78 is 5.58. The predicted octanol–water partition coefficient (Wildman–Crippen LogP) is -0.507. The number of amides is 1. The van der Waals surface area contributed by atoms with Crippen molar-refractivity contribution in [3.05, 3.63) is 40.4 Å². The third kappa shape index (κ3) is 4.73. The van der Waals surface area contributed by atoms with Crippen molar-refractivity contribution in [2.75, 3.05) is 31.1 Å². The Hall–Kier alpha value is -2.67. The number of aryl methyl sites for hydroxylation is 1. The summed E-state index contributed by atoms with van der Waals surface area (Å²) in [6, 6.07) is 5.66. The molecule has 160 valence electrons. The van der Waals surface area contributed by atoms with Gasteiger partial charge in [0.25, 0.3) is 5.91 Å². The molecule has 3 rings (SSSR count). The van der Waals surface area contributed by atoms with Crippen LogP contribution in [0, 0.1) is 6.92 Å². The maximum absolute atomic E-state index is 12.7. The summed E-state index contributed by atoms with van der Waals surface area (Å²) in [5.74, 6) is -0.745. The van der Waals surface area contributed by atoms with Crippen LogP contribution >= 0.6 is 11.3 Å².